The fourth-order valence-electron chi connectivity index (χ4n) is 3.49. The summed E-state index contributed by atoms with van der Waals surface area (Å²) in [5, 5.41) is 3.28. The number of nitrogens with one attached hydrogen (secondary N) is 1. The first-order valence-corrected chi connectivity index (χ1v) is 9.03. The van der Waals surface area contributed by atoms with Crippen LogP contribution in [0.25, 0.3) is 0 Å². The van der Waals surface area contributed by atoms with Crippen molar-refractivity contribution in [2.45, 2.75) is 25.2 Å². The van der Waals surface area contributed by atoms with Gasteiger partial charge in [0, 0.05) is 32.6 Å². The topological polar surface area (TPSA) is 55.4 Å². The van der Waals surface area contributed by atoms with Crippen molar-refractivity contribution < 1.29 is 14.3 Å². The molecule has 0 amide bonds. The summed E-state index contributed by atoms with van der Waals surface area (Å²) >= 11 is 6.97. The number of cyclic esters (lactones) is 1. The number of rotatable bonds is 1. The second-order valence-corrected chi connectivity index (χ2v) is 7.58. The molecular weight excluding hydrogens is 426 g/mol. The summed E-state index contributed by atoms with van der Waals surface area (Å²) in [5.74, 6) is -0.552. The fourth-order valence-corrected chi connectivity index (χ4v) is 4.14. The van der Waals surface area contributed by atoms with E-state index in [4.69, 9.17) is 4.74 Å². The van der Waals surface area contributed by atoms with Gasteiger partial charge in [-0.1, -0.05) is 6.07 Å². The molecule has 1 aromatic rings. The molecule has 4 rings (SSSR count). The largest absolute Gasteiger partial charge is 0.456 e. The van der Waals surface area contributed by atoms with Gasteiger partial charge >= 0.3 is 5.97 Å². The molecule has 0 spiro atoms. The minimum Gasteiger partial charge on any atom is -0.456 e. The number of hydrogen-bond donors (Lipinski definition) is 1. The summed E-state index contributed by atoms with van der Waals surface area (Å²) in [7, 11) is 0. The van der Waals surface area contributed by atoms with E-state index in [0.29, 0.717) is 12.0 Å². The Labute approximate surface area is 150 Å². The molecule has 0 fully saturated rings. The average Bonchev–Trinajstić information content (AvgIpc) is 2.90. The quantitative estimate of drug-likeness (QED) is 0.679. The molecule has 0 saturated carbocycles. The molecule has 2 heterocycles. The highest BCUT2D eigenvalue weighted by molar-refractivity contribution is 9.13. The van der Waals surface area contributed by atoms with E-state index in [-0.39, 0.29) is 24.3 Å². The van der Waals surface area contributed by atoms with Crippen molar-refractivity contribution in [2.75, 3.05) is 6.61 Å². The lowest BCUT2D eigenvalue weighted by Gasteiger charge is -2.32. The molecule has 6 heteroatoms. The Morgan fingerprint density at radius 3 is 2.65 bits per heavy atom. The molecule has 2 aliphatic heterocycles. The number of benzene rings is 1. The lowest BCUT2D eigenvalue weighted by atomic mass is 9.75. The number of allylic oxidation sites excluding steroid dienone is 2. The molecule has 0 aromatic heterocycles. The zero-order valence-electron chi connectivity index (χ0n) is 12.1. The van der Waals surface area contributed by atoms with Crippen LogP contribution in [-0.4, -0.2) is 18.4 Å². The van der Waals surface area contributed by atoms with E-state index in [1.54, 1.807) is 0 Å². The van der Waals surface area contributed by atoms with Crippen LogP contribution in [0.4, 0.5) is 0 Å². The highest BCUT2D eigenvalue weighted by atomic mass is 79.9. The van der Waals surface area contributed by atoms with Crippen LogP contribution >= 0.6 is 31.9 Å². The van der Waals surface area contributed by atoms with Crippen LogP contribution in [-0.2, 0) is 14.3 Å². The van der Waals surface area contributed by atoms with Gasteiger partial charge in [-0.15, -0.1) is 0 Å². The lowest BCUT2D eigenvalue weighted by Crippen LogP contribution is -2.32. The minimum absolute atomic E-state index is 0.119. The normalized spacial score (nSPS) is 23.5. The number of carbonyl (C=O) groups is 2. The Kier molecular flexibility index (Phi) is 3.69. The van der Waals surface area contributed by atoms with E-state index in [1.165, 1.54) is 0 Å². The number of esters is 1. The number of Topliss-reactive ketones (excluding diaryl/α,β-unsaturated/α-hetero) is 1. The smallest absolute Gasteiger partial charge is 0.337 e. The van der Waals surface area contributed by atoms with Gasteiger partial charge in [0.1, 0.15) is 6.61 Å². The van der Waals surface area contributed by atoms with Gasteiger partial charge in [-0.3, -0.25) is 4.79 Å². The van der Waals surface area contributed by atoms with Crippen molar-refractivity contribution in [3.63, 3.8) is 0 Å². The highest BCUT2D eigenvalue weighted by Crippen LogP contribution is 2.45. The van der Waals surface area contributed by atoms with E-state index >= 15 is 0 Å². The Bertz CT molecular complexity index is 810. The summed E-state index contributed by atoms with van der Waals surface area (Å²) in [6, 6.07) is 5.84. The van der Waals surface area contributed by atoms with Crippen LogP contribution in [0.1, 0.15) is 30.7 Å². The number of hydrogen-bond acceptors (Lipinski definition) is 4. The first-order chi connectivity index (χ1) is 11.1. The molecule has 0 bridgehead atoms. The van der Waals surface area contributed by atoms with Gasteiger partial charge < -0.3 is 10.1 Å². The summed E-state index contributed by atoms with van der Waals surface area (Å²) in [4.78, 5) is 24.8. The molecule has 4 nitrogen and oxygen atoms in total. The second-order valence-electron chi connectivity index (χ2n) is 5.87. The van der Waals surface area contributed by atoms with Gasteiger partial charge in [-0.05, 0) is 62.4 Å². The van der Waals surface area contributed by atoms with E-state index in [9.17, 15) is 9.59 Å². The van der Waals surface area contributed by atoms with Crippen molar-refractivity contribution in [1.82, 2.24) is 5.32 Å². The van der Waals surface area contributed by atoms with Crippen molar-refractivity contribution in [2.24, 2.45) is 0 Å². The lowest BCUT2D eigenvalue weighted by molar-refractivity contribution is -0.136. The van der Waals surface area contributed by atoms with Gasteiger partial charge in [-0.2, -0.15) is 0 Å². The first-order valence-electron chi connectivity index (χ1n) is 7.44. The predicted molar refractivity (Wildman–Crippen MR) is 91.6 cm³/mol. The van der Waals surface area contributed by atoms with Crippen LogP contribution in [0, 0.1) is 0 Å². The summed E-state index contributed by atoms with van der Waals surface area (Å²) in [5.41, 5.74) is 3.97. The zero-order valence-corrected chi connectivity index (χ0v) is 15.3. The Morgan fingerprint density at radius 1 is 1.04 bits per heavy atom. The Morgan fingerprint density at radius 2 is 1.87 bits per heavy atom. The SMILES string of the molecule is O=C1CCCC2=C1C(c1ccc(Br)c(Br)c1)C1=C(COC1=O)N2. The van der Waals surface area contributed by atoms with Crippen molar-refractivity contribution in [3.05, 3.63) is 55.2 Å². The molecule has 3 aliphatic rings. The van der Waals surface area contributed by atoms with Crippen LogP contribution in [0.3, 0.4) is 0 Å². The van der Waals surface area contributed by atoms with Gasteiger partial charge in [0.05, 0.1) is 11.3 Å². The maximum atomic E-state index is 12.6. The van der Waals surface area contributed by atoms with E-state index in [1.807, 2.05) is 18.2 Å². The molecular formula is C17H13Br2NO3. The number of ketones is 1. The Hall–Kier alpha value is -1.40. The van der Waals surface area contributed by atoms with Gasteiger partial charge in [0.15, 0.2) is 5.78 Å². The number of ether oxygens (including phenoxy) is 1. The monoisotopic (exact) mass is 437 g/mol. The molecule has 1 aliphatic carbocycles. The fraction of sp³-hybridized carbons (Fsp3) is 0.294. The molecule has 1 aromatic carbocycles. The molecule has 1 N–H and O–H groups in total. The number of halogens is 2. The third-order valence-corrected chi connectivity index (χ3v) is 6.38. The van der Waals surface area contributed by atoms with Crippen LogP contribution in [0.15, 0.2) is 49.7 Å². The standard InChI is InChI=1S/C17H13Br2NO3/c18-9-5-4-8(6-10(9)19)14-15-11(2-1-3-13(15)21)20-12-7-23-17(22)16(12)14/h4-6,14,20H,1-3,7H2. The summed E-state index contributed by atoms with van der Waals surface area (Å²) in [6.07, 6.45) is 2.21. The summed E-state index contributed by atoms with van der Waals surface area (Å²) in [6.45, 7) is 0.257. The maximum Gasteiger partial charge on any atom is 0.337 e. The molecule has 0 radical (unpaired) electrons. The Balaban J connectivity index is 1.91. The van der Waals surface area contributed by atoms with E-state index < -0.39 is 0 Å². The van der Waals surface area contributed by atoms with Gasteiger partial charge in [-0.25, -0.2) is 4.79 Å². The molecule has 1 unspecified atom stereocenters. The predicted octanol–water partition coefficient (Wildman–Crippen LogP) is 3.72. The number of carbonyl (C=O) groups excluding carboxylic acids is 2. The minimum atomic E-state index is -0.339. The third kappa shape index (κ3) is 2.39. The zero-order chi connectivity index (χ0) is 16.1. The first kappa shape index (κ1) is 15.1. The average molecular weight is 439 g/mol. The molecule has 23 heavy (non-hydrogen) atoms. The molecule has 118 valence electrons. The molecule has 0 saturated heterocycles. The van der Waals surface area contributed by atoms with Crippen molar-refractivity contribution in [3.8, 4) is 0 Å². The van der Waals surface area contributed by atoms with Crippen molar-refractivity contribution in [1.29, 1.82) is 0 Å². The van der Waals surface area contributed by atoms with Gasteiger partial charge in [0.25, 0.3) is 0 Å². The number of dihydropyridines is 1. The van der Waals surface area contributed by atoms with Gasteiger partial charge in [0.2, 0.25) is 0 Å². The van der Waals surface area contributed by atoms with Crippen molar-refractivity contribution >= 4 is 43.6 Å². The van der Waals surface area contributed by atoms with Crippen LogP contribution in [0.5, 0.6) is 0 Å². The highest BCUT2D eigenvalue weighted by Gasteiger charge is 2.42. The van der Waals surface area contributed by atoms with Crippen LogP contribution in [0.2, 0.25) is 0 Å². The van der Waals surface area contributed by atoms with Crippen LogP contribution < -0.4 is 5.32 Å². The van der Waals surface area contributed by atoms with E-state index in [0.717, 1.165) is 44.3 Å². The third-order valence-electron chi connectivity index (χ3n) is 4.50. The second kappa shape index (κ2) is 5.60. The van der Waals surface area contributed by atoms with E-state index in [2.05, 4.69) is 37.2 Å². The molecule has 1 atom stereocenters. The maximum absolute atomic E-state index is 12.6. The summed E-state index contributed by atoms with van der Waals surface area (Å²) < 4.78 is 7.04.